The van der Waals surface area contributed by atoms with Crippen LogP contribution in [-0.2, 0) is 4.79 Å². The minimum Gasteiger partial charge on any atom is -0.370 e. The predicted molar refractivity (Wildman–Crippen MR) is 74.0 cm³/mol. The van der Waals surface area contributed by atoms with Crippen LogP contribution in [0.2, 0.25) is 0 Å². The molecule has 1 atom stereocenters. The Labute approximate surface area is 112 Å². The molecule has 1 aromatic heterocycles. The van der Waals surface area contributed by atoms with Crippen LogP contribution in [0, 0.1) is 0 Å². The van der Waals surface area contributed by atoms with Gasteiger partial charge in [0.15, 0.2) is 0 Å². The molecule has 1 amide bonds. The van der Waals surface area contributed by atoms with Gasteiger partial charge in [0, 0.05) is 21.1 Å². The molecule has 0 bridgehead atoms. The summed E-state index contributed by atoms with van der Waals surface area (Å²) < 4.78 is 0.898. The second kappa shape index (κ2) is 5.33. The van der Waals surface area contributed by atoms with E-state index in [0.717, 1.165) is 15.7 Å². The number of carbonyl (C=O) groups is 1. The highest BCUT2D eigenvalue weighted by atomic mass is 79.9. The first kappa shape index (κ1) is 12.1. The molecule has 3 N–H and O–H groups in total. The van der Waals surface area contributed by atoms with Crippen molar-refractivity contribution < 1.29 is 4.79 Å². The zero-order valence-electron chi connectivity index (χ0n) is 8.89. The Hall–Kier alpha value is -1.33. The summed E-state index contributed by atoms with van der Waals surface area (Å²) in [5.74, 6) is -0.395. The fourth-order valence-electron chi connectivity index (χ4n) is 1.50. The van der Waals surface area contributed by atoms with Crippen LogP contribution in [0.25, 0.3) is 0 Å². The number of primary amides is 1. The average Bonchev–Trinajstić information content (AvgIpc) is 2.73. The first-order chi connectivity index (χ1) is 8.18. The summed E-state index contributed by atoms with van der Waals surface area (Å²) in [5.41, 5.74) is 7.16. The van der Waals surface area contributed by atoms with Crippen LogP contribution in [0.3, 0.4) is 0 Å². The standard InChI is InChI=1S/C12H11BrN2OS/c13-10-7-17-6-9(10)11(12(14)16)15-8-4-2-1-3-5-8/h1-7,11,15H,(H2,14,16). The van der Waals surface area contributed by atoms with Crippen molar-refractivity contribution in [2.75, 3.05) is 5.32 Å². The van der Waals surface area contributed by atoms with Gasteiger partial charge >= 0.3 is 0 Å². The first-order valence-electron chi connectivity index (χ1n) is 5.01. The molecule has 0 saturated heterocycles. The van der Waals surface area contributed by atoms with Crippen molar-refractivity contribution >= 4 is 38.9 Å². The Balaban J connectivity index is 2.26. The Morgan fingerprint density at radius 1 is 1.29 bits per heavy atom. The number of rotatable bonds is 4. The van der Waals surface area contributed by atoms with Crippen molar-refractivity contribution in [1.29, 1.82) is 0 Å². The topological polar surface area (TPSA) is 55.1 Å². The molecule has 0 fully saturated rings. The molecule has 0 aliphatic heterocycles. The Morgan fingerprint density at radius 2 is 2.00 bits per heavy atom. The molecule has 0 saturated carbocycles. The SMILES string of the molecule is NC(=O)C(Nc1ccccc1)c1cscc1Br. The summed E-state index contributed by atoms with van der Waals surface area (Å²) in [5, 5.41) is 6.96. The number of para-hydroxylation sites is 1. The number of nitrogens with two attached hydrogens (primary N) is 1. The van der Waals surface area contributed by atoms with Gasteiger partial charge in [-0.2, -0.15) is 11.3 Å². The van der Waals surface area contributed by atoms with Crippen LogP contribution in [0.5, 0.6) is 0 Å². The van der Waals surface area contributed by atoms with E-state index in [1.165, 1.54) is 11.3 Å². The number of benzene rings is 1. The van der Waals surface area contributed by atoms with E-state index >= 15 is 0 Å². The largest absolute Gasteiger partial charge is 0.370 e. The normalized spacial score (nSPS) is 12.1. The summed E-state index contributed by atoms with van der Waals surface area (Å²) in [7, 11) is 0. The van der Waals surface area contributed by atoms with Gasteiger partial charge in [-0.25, -0.2) is 0 Å². The van der Waals surface area contributed by atoms with Crippen molar-refractivity contribution in [3.05, 3.63) is 51.1 Å². The fraction of sp³-hybridized carbons (Fsp3) is 0.0833. The van der Waals surface area contributed by atoms with Crippen molar-refractivity contribution in [2.24, 2.45) is 5.73 Å². The molecule has 1 unspecified atom stereocenters. The lowest BCUT2D eigenvalue weighted by atomic mass is 10.1. The minimum atomic E-state index is -0.516. The van der Waals surface area contributed by atoms with E-state index in [2.05, 4.69) is 21.2 Å². The summed E-state index contributed by atoms with van der Waals surface area (Å²) in [6, 6.07) is 9.02. The van der Waals surface area contributed by atoms with E-state index in [1.807, 2.05) is 41.1 Å². The number of anilines is 1. The second-order valence-corrected chi connectivity index (χ2v) is 5.12. The van der Waals surface area contributed by atoms with Crippen LogP contribution in [0.1, 0.15) is 11.6 Å². The number of thiophene rings is 1. The highest BCUT2D eigenvalue weighted by Crippen LogP contribution is 2.29. The van der Waals surface area contributed by atoms with Gasteiger partial charge in [-0.3, -0.25) is 4.79 Å². The van der Waals surface area contributed by atoms with Gasteiger partial charge in [0.1, 0.15) is 6.04 Å². The Morgan fingerprint density at radius 3 is 2.53 bits per heavy atom. The average molecular weight is 311 g/mol. The monoisotopic (exact) mass is 310 g/mol. The molecule has 2 aromatic rings. The fourth-order valence-corrected chi connectivity index (χ4v) is 3.05. The van der Waals surface area contributed by atoms with Gasteiger partial charge in [0.05, 0.1) is 0 Å². The third-order valence-electron chi connectivity index (χ3n) is 2.32. The van der Waals surface area contributed by atoms with Crippen LogP contribution >= 0.6 is 27.3 Å². The summed E-state index contributed by atoms with van der Waals surface area (Å²) >= 11 is 4.94. The molecular formula is C12H11BrN2OS. The predicted octanol–water partition coefficient (Wildman–Crippen LogP) is 3.15. The van der Waals surface area contributed by atoms with Gasteiger partial charge in [0.2, 0.25) is 5.91 Å². The van der Waals surface area contributed by atoms with Gasteiger partial charge in [-0.1, -0.05) is 18.2 Å². The van der Waals surface area contributed by atoms with Crippen molar-refractivity contribution in [1.82, 2.24) is 0 Å². The zero-order valence-corrected chi connectivity index (χ0v) is 11.3. The summed E-state index contributed by atoms with van der Waals surface area (Å²) in [4.78, 5) is 11.5. The molecule has 0 aliphatic rings. The molecule has 5 heteroatoms. The molecule has 17 heavy (non-hydrogen) atoms. The Bertz CT molecular complexity index is 512. The molecule has 3 nitrogen and oxygen atoms in total. The minimum absolute atomic E-state index is 0.395. The molecule has 0 radical (unpaired) electrons. The smallest absolute Gasteiger partial charge is 0.244 e. The van der Waals surface area contributed by atoms with E-state index in [9.17, 15) is 4.79 Å². The first-order valence-corrected chi connectivity index (χ1v) is 6.74. The summed E-state index contributed by atoms with van der Waals surface area (Å²) in [6.45, 7) is 0. The Kier molecular flexibility index (Phi) is 3.81. The molecule has 88 valence electrons. The zero-order chi connectivity index (χ0) is 12.3. The third kappa shape index (κ3) is 2.87. The van der Waals surface area contributed by atoms with Crippen molar-refractivity contribution in [3.8, 4) is 0 Å². The van der Waals surface area contributed by atoms with Crippen molar-refractivity contribution in [3.63, 3.8) is 0 Å². The number of carbonyl (C=O) groups excluding carboxylic acids is 1. The number of hydrogen-bond donors (Lipinski definition) is 2. The lowest BCUT2D eigenvalue weighted by Gasteiger charge is -2.16. The highest BCUT2D eigenvalue weighted by Gasteiger charge is 2.20. The van der Waals surface area contributed by atoms with Crippen LogP contribution < -0.4 is 11.1 Å². The van der Waals surface area contributed by atoms with Crippen molar-refractivity contribution in [2.45, 2.75) is 6.04 Å². The van der Waals surface area contributed by atoms with Gasteiger partial charge in [-0.15, -0.1) is 0 Å². The molecule has 0 spiro atoms. The maximum atomic E-state index is 11.5. The highest BCUT2D eigenvalue weighted by molar-refractivity contribution is 9.10. The number of nitrogens with one attached hydrogen (secondary N) is 1. The molecule has 0 aliphatic carbocycles. The van der Waals surface area contributed by atoms with E-state index in [-0.39, 0.29) is 0 Å². The number of hydrogen-bond acceptors (Lipinski definition) is 3. The van der Waals surface area contributed by atoms with Gasteiger partial charge in [0.25, 0.3) is 0 Å². The van der Waals surface area contributed by atoms with Crippen LogP contribution in [0.15, 0.2) is 45.6 Å². The van der Waals surface area contributed by atoms with E-state index in [1.54, 1.807) is 0 Å². The van der Waals surface area contributed by atoms with E-state index < -0.39 is 11.9 Å². The molecular weight excluding hydrogens is 300 g/mol. The van der Waals surface area contributed by atoms with Gasteiger partial charge < -0.3 is 11.1 Å². The van der Waals surface area contributed by atoms with Crippen LogP contribution in [-0.4, -0.2) is 5.91 Å². The van der Waals surface area contributed by atoms with Crippen LogP contribution in [0.4, 0.5) is 5.69 Å². The molecule has 1 aromatic carbocycles. The maximum absolute atomic E-state index is 11.5. The summed E-state index contributed by atoms with van der Waals surface area (Å²) in [6.07, 6.45) is 0. The van der Waals surface area contributed by atoms with E-state index in [4.69, 9.17) is 5.73 Å². The number of halogens is 1. The second-order valence-electron chi connectivity index (χ2n) is 3.52. The quantitative estimate of drug-likeness (QED) is 0.911. The number of amides is 1. The maximum Gasteiger partial charge on any atom is 0.244 e. The lowest BCUT2D eigenvalue weighted by molar-refractivity contribution is -0.118. The molecule has 2 rings (SSSR count). The van der Waals surface area contributed by atoms with E-state index in [0.29, 0.717) is 0 Å². The molecule has 1 heterocycles. The third-order valence-corrected chi connectivity index (χ3v) is 4.07. The lowest BCUT2D eigenvalue weighted by Crippen LogP contribution is -2.27. The van der Waals surface area contributed by atoms with Gasteiger partial charge in [-0.05, 0) is 33.4 Å².